The molecule has 0 bridgehead atoms. The van der Waals surface area contributed by atoms with Crippen LogP contribution in [0.3, 0.4) is 0 Å². The smallest absolute Gasteiger partial charge is 0.156 e. The molecule has 2 heterocycles. The van der Waals surface area contributed by atoms with Crippen LogP contribution in [0.1, 0.15) is 35.8 Å². The highest BCUT2D eigenvalue weighted by atomic mass is 16.5. The molecule has 5 rings (SSSR count). The van der Waals surface area contributed by atoms with Crippen molar-refractivity contribution in [3.8, 4) is 11.3 Å². The van der Waals surface area contributed by atoms with E-state index in [-0.39, 0.29) is 0 Å². The molecule has 1 fully saturated rings. The molecule has 5 N–H and O–H groups in total. The molecular weight excluding hydrogens is 438 g/mol. The van der Waals surface area contributed by atoms with Crippen molar-refractivity contribution in [3.63, 3.8) is 0 Å². The summed E-state index contributed by atoms with van der Waals surface area (Å²) < 4.78 is 5.46. The molecule has 0 saturated heterocycles. The van der Waals surface area contributed by atoms with Gasteiger partial charge in [-0.25, -0.2) is 4.99 Å². The fourth-order valence-corrected chi connectivity index (χ4v) is 3.64. The maximum Gasteiger partial charge on any atom is 0.156 e. The Bertz CT molecular complexity index is 1350. The molecule has 1 aliphatic rings. The Morgan fingerprint density at radius 3 is 2.60 bits per heavy atom. The van der Waals surface area contributed by atoms with Crippen LogP contribution in [0.15, 0.2) is 107 Å². The number of H-pyrrole nitrogens is 1. The lowest BCUT2D eigenvalue weighted by Crippen LogP contribution is -2.15. The van der Waals surface area contributed by atoms with Gasteiger partial charge in [0.05, 0.1) is 12.3 Å². The molecule has 2 aromatic carbocycles. The van der Waals surface area contributed by atoms with Crippen LogP contribution < -0.4 is 16.4 Å². The minimum atomic E-state index is 0.402. The van der Waals surface area contributed by atoms with Crippen LogP contribution in [0.5, 0.6) is 0 Å². The number of rotatable bonds is 10. The van der Waals surface area contributed by atoms with Crippen LogP contribution in [-0.4, -0.2) is 21.1 Å². The fraction of sp³-hybridized carbons (Fsp3) is 0.148. The van der Waals surface area contributed by atoms with Gasteiger partial charge >= 0.3 is 0 Å². The number of hydrogen-bond acceptors (Lipinski definition) is 7. The molecule has 8 heteroatoms. The Morgan fingerprint density at radius 2 is 1.86 bits per heavy atom. The monoisotopic (exact) mass is 465 g/mol. The molecule has 176 valence electrons. The Morgan fingerprint density at radius 1 is 1.11 bits per heavy atom. The van der Waals surface area contributed by atoms with Gasteiger partial charge in [0, 0.05) is 40.9 Å². The predicted molar refractivity (Wildman–Crippen MR) is 137 cm³/mol. The van der Waals surface area contributed by atoms with Crippen LogP contribution in [-0.2, 0) is 6.54 Å². The predicted octanol–water partition coefficient (Wildman–Crippen LogP) is 4.90. The van der Waals surface area contributed by atoms with Gasteiger partial charge in [0.25, 0.3) is 0 Å². The van der Waals surface area contributed by atoms with Gasteiger partial charge in [-0.1, -0.05) is 72.4 Å². The Labute approximate surface area is 203 Å². The zero-order chi connectivity index (χ0) is 24.0. The number of nitrogens with zero attached hydrogens (tertiary/aromatic N) is 3. The third kappa shape index (κ3) is 5.86. The molecule has 35 heavy (non-hydrogen) atoms. The Kier molecular flexibility index (Phi) is 6.43. The summed E-state index contributed by atoms with van der Waals surface area (Å²) in [6, 6.07) is 23.6. The lowest BCUT2D eigenvalue weighted by molar-refractivity contribution is 0.379. The number of aromatic amines is 1. The number of anilines is 1. The van der Waals surface area contributed by atoms with Gasteiger partial charge in [0.15, 0.2) is 11.6 Å². The highest BCUT2D eigenvalue weighted by molar-refractivity contribution is 6.09. The summed E-state index contributed by atoms with van der Waals surface area (Å²) in [5.41, 5.74) is 10.8. The van der Waals surface area contributed by atoms with E-state index in [1.165, 1.54) is 12.8 Å². The summed E-state index contributed by atoms with van der Waals surface area (Å²) in [6.45, 7) is 4.45. The largest absolute Gasteiger partial charge is 0.385 e. The van der Waals surface area contributed by atoms with Crippen molar-refractivity contribution in [2.75, 3.05) is 5.32 Å². The third-order valence-corrected chi connectivity index (χ3v) is 5.60. The summed E-state index contributed by atoms with van der Waals surface area (Å²) in [5.74, 6) is 2.86. The Hall–Kier alpha value is -4.59. The first-order valence-electron chi connectivity index (χ1n) is 11.5. The second kappa shape index (κ2) is 10.1. The van der Waals surface area contributed by atoms with E-state index in [0.717, 1.165) is 22.5 Å². The molecule has 4 aromatic rings. The van der Waals surface area contributed by atoms with Crippen molar-refractivity contribution in [1.82, 2.24) is 20.7 Å². The van der Waals surface area contributed by atoms with E-state index in [1.54, 1.807) is 6.08 Å². The van der Waals surface area contributed by atoms with Crippen molar-refractivity contribution in [1.29, 1.82) is 0 Å². The van der Waals surface area contributed by atoms with Crippen LogP contribution in [0.2, 0.25) is 0 Å². The molecule has 0 unspecified atom stereocenters. The standard InChI is InChI=1S/C27H27N7O/c1-18(29-17-22-14-25(34-35-22)20-10-6-3-7-11-20)30-23(19-8-4-2-5-9-19)15-26(28)31-27-16-24(32-33-27)21-12-13-21/h2-11,14-16,21,29H,1,12-13,17,28H2,(H2,31,32,33)/b26-15+,30-23+. The first-order chi connectivity index (χ1) is 17.1. The fourth-order valence-electron chi connectivity index (χ4n) is 3.64. The van der Waals surface area contributed by atoms with Gasteiger partial charge in [0.2, 0.25) is 0 Å². The lowest BCUT2D eigenvalue weighted by atomic mass is 10.1. The number of allylic oxidation sites excluding steroid dienone is 1. The number of nitrogens with one attached hydrogen (secondary N) is 3. The van der Waals surface area contributed by atoms with Gasteiger partial charge < -0.3 is 20.9 Å². The number of aliphatic imine (C=N–C) groups is 1. The SMILES string of the molecule is C=C(/N=C(\C=C(/N)Nc1cc(C2CC2)[nH]n1)c1ccccc1)NCc1cc(-c2ccccc2)no1. The first kappa shape index (κ1) is 22.2. The van der Waals surface area contributed by atoms with Gasteiger partial charge in [-0.05, 0) is 12.8 Å². The Balaban J connectivity index is 1.27. The van der Waals surface area contributed by atoms with Gasteiger partial charge in [-0.15, -0.1) is 0 Å². The van der Waals surface area contributed by atoms with E-state index in [1.807, 2.05) is 72.8 Å². The normalized spacial score (nSPS) is 14.1. The molecule has 8 nitrogen and oxygen atoms in total. The van der Waals surface area contributed by atoms with Crippen LogP contribution in [0, 0.1) is 0 Å². The quantitative estimate of drug-likeness (QED) is 0.247. The number of hydrogen-bond donors (Lipinski definition) is 4. The number of benzene rings is 2. The molecule has 0 aliphatic heterocycles. The van der Waals surface area contributed by atoms with Crippen LogP contribution >= 0.6 is 0 Å². The van der Waals surface area contributed by atoms with Gasteiger partial charge in [-0.2, -0.15) is 5.10 Å². The summed E-state index contributed by atoms with van der Waals surface area (Å²) in [4.78, 5) is 4.68. The molecular formula is C27H27N7O. The van der Waals surface area contributed by atoms with Gasteiger partial charge in [-0.3, -0.25) is 5.10 Å². The number of nitrogens with two attached hydrogens (primary N) is 1. The van der Waals surface area contributed by atoms with Crippen molar-refractivity contribution in [2.45, 2.75) is 25.3 Å². The van der Waals surface area contributed by atoms with Gasteiger partial charge in [0.1, 0.15) is 17.3 Å². The topological polar surface area (TPSA) is 117 Å². The number of aromatic nitrogens is 3. The van der Waals surface area contributed by atoms with E-state index in [4.69, 9.17) is 10.3 Å². The average Bonchev–Trinajstić information content (AvgIpc) is 3.44. The van der Waals surface area contributed by atoms with E-state index < -0.39 is 0 Å². The zero-order valence-electron chi connectivity index (χ0n) is 19.2. The van der Waals surface area contributed by atoms with E-state index in [2.05, 4.69) is 37.6 Å². The molecule has 1 aliphatic carbocycles. The highest BCUT2D eigenvalue weighted by Crippen LogP contribution is 2.39. The second-order valence-electron chi connectivity index (χ2n) is 8.42. The van der Waals surface area contributed by atoms with Crippen molar-refractivity contribution in [2.24, 2.45) is 10.7 Å². The lowest BCUT2D eigenvalue weighted by Gasteiger charge is -2.08. The maximum atomic E-state index is 6.29. The summed E-state index contributed by atoms with van der Waals surface area (Å²) in [5, 5.41) is 17.8. The van der Waals surface area contributed by atoms with E-state index in [9.17, 15) is 0 Å². The minimum absolute atomic E-state index is 0.402. The minimum Gasteiger partial charge on any atom is -0.385 e. The third-order valence-electron chi connectivity index (χ3n) is 5.60. The van der Waals surface area contributed by atoms with E-state index >= 15 is 0 Å². The highest BCUT2D eigenvalue weighted by Gasteiger charge is 2.25. The van der Waals surface area contributed by atoms with Crippen LogP contribution in [0.25, 0.3) is 11.3 Å². The zero-order valence-corrected chi connectivity index (χ0v) is 19.2. The van der Waals surface area contributed by atoms with Crippen molar-refractivity contribution in [3.05, 3.63) is 114 Å². The molecule has 0 radical (unpaired) electrons. The second-order valence-corrected chi connectivity index (χ2v) is 8.42. The first-order valence-corrected chi connectivity index (χ1v) is 11.5. The molecule has 1 saturated carbocycles. The maximum absolute atomic E-state index is 6.29. The summed E-state index contributed by atoms with van der Waals surface area (Å²) in [6.07, 6.45) is 4.18. The average molecular weight is 466 g/mol. The van der Waals surface area contributed by atoms with Crippen LogP contribution in [0.4, 0.5) is 5.82 Å². The van der Waals surface area contributed by atoms with Crippen molar-refractivity contribution >= 4 is 11.5 Å². The molecule has 0 amide bonds. The van der Waals surface area contributed by atoms with E-state index in [0.29, 0.717) is 41.4 Å². The van der Waals surface area contributed by atoms with Crippen molar-refractivity contribution < 1.29 is 4.52 Å². The molecule has 2 aromatic heterocycles. The summed E-state index contributed by atoms with van der Waals surface area (Å²) >= 11 is 0. The molecule has 0 atom stereocenters. The molecule has 0 spiro atoms. The summed E-state index contributed by atoms with van der Waals surface area (Å²) in [7, 11) is 0.